The molecule has 6 nitrogen and oxygen atoms in total. The van der Waals surface area contributed by atoms with Crippen LogP contribution >= 0.6 is 23.1 Å². The number of nitrogens with zero attached hydrogens (tertiary/aromatic N) is 2. The van der Waals surface area contributed by atoms with Gasteiger partial charge in [-0.2, -0.15) is 0 Å². The van der Waals surface area contributed by atoms with Crippen molar-refractivity contribution in [1.82, 2.24) is 10.2 Å². The van der Waals surface area contributed by atoms with Gasteiger partial charge in [0.05, 0.1) is 0 Å². The van der Waals surface area contributed by atoms with Gasteiger partial charge >= 0.3 is 0 Å². The first-order valence-electron chi connectivity index (χ1n) is 6.92. The van der Waals surface area contributed by atoms with Crippen LogP contribution in [0.2, 0.25) is 0 Å². The molecule has 22 heavy (non-hydrogen) atoms. The number of benzene rings is 1. The van der Waals surface area contributed by atoms with Gasteiger partial charge in [-0.25, -0.2) is 0 Å². The summed E-state index contributed by atoms with van der Waals surface area (Å²) in [6.07, 6.45) is 0.379. The third-order valence-electron chi connectivity index (χ3n) is 2.87. The Morgan fingerprint density at radius 2 is 2.23 bits per heavy atom. The van der Waals surface area contributed by atoms with E-state index in [4.69, 9.17) is 9.47 Å². The molecule has 1 aliphatic rings. The van der Waals surface area contributed by atoms with Crippen molar-refractivity contribution in [2.75, 3.05) is 17.7 Å². The molecule has 0 saturated heterocycles. The highest BCUT2D eigenvalue weighted by Crippen LogP contribution is 2.31. The fourth-order valence-corrected chi connectivity index (χ4v) is 3.52. The highest BCUT2D eigenvalue weighted by Gasteiger charge is 2.28. The molecule has 1 aliphatic heterocycles. The van der Waals surface area contributed by atoms with Crippen molar-refractivity contribution in [2.24, 2.45) is 0 Å². The number of ether oxygens (including phenoxy) is 2. The predicted octanol–water partition coefficient (Wildman–Crippen LogP) is 2.82. The monoisotopic (exact) mass is 337 g/mol. The zero-order valence-electron chi connectivity index (χ0n) is 11.9. The van der Waals surface area contributed by atoms with Gasteiger partial charge in [0, 0.05) is 5.75 Å². The molecule has 0 bridgehead atoms. The van der Waals surface area contributed by atoms with Crippen molar-refractivity contribution in [1.29, 1.82) is 0 Å². The van der Waals surface area contributed by atoms with Crippen molar-refractivity contribution in [3.05, 3.63) is 24.3 Å². The number of carbonyl (C=O) groups excluding carboxylic acids is 1. The molecular formula is C14H15N3O3S2. The quantitative estimate of drug-likeness (QED) is 0.668. The van der Waals surface area contributed by atoms with Crippen LogP contribution in [0.15, 0.2) is 28.6 Å². The number of thioether (sulfide) groups is 1. The van der Waals surface area contributed by atoms with Gasteiger partial charge in [0.1, 0.15) is 6.61 Å². The van der Waals surface area contributed by atoms with E-state index in [1.807, 2.05) is 18.2 Å². The van der Waals surface area contributed by atoms with E-state index in [0.29, 0.717) is 16.6 Å². The smallest absolute Gasteiger partial charge is 0.270 e. The largest absolute Gasteiger partial charge is 0.485 e. The number of amides is 1. The van der Waals surface area contributed by atoms with Gasteiger partial charge in [-0.15, -0.1) is 10.2 Å². The number of anilines is 1. The molecule has 0 saturated carbocycles. The summed E-state index contributed by atoms with van der Waals surface area (Å²) in [5, 5.41) is 11.2. The van der Waals surface area contributed by atoms with Gasteiger partial charge in [0.2, 0.25) is 11.2 Å². The van der Waals surface area contributed by atoms with E-state index in [-0.39, 0.29) is 12.5 Å². The van der Waals surface area contributed by atoms with Gasteiger partial charge < -0.3 is 9.47 Å². The van der Waals surface area contributed by atoms with E-state index in [1.54, 1.807) is 17.8 Å². The predicted molar refractivity (Wildman–Crippen MR) is 85.9 cm³/mol. The zero-order chi connectivity index (χ0) is 15.4. The van der Waals surface area contributed by atoms with Crippen LogP contribution < -0.4 is 14.8 Å². The summed E-state index contributed by atoms with van der Waals surface area (Å²) in [6, 6.07) is 7.29. The normalized spacial score (nSPS) is 16.3. The summed E-state index contributed by atoms with van der Waals surface area (Å²) in [6.45, 7) is 2.29. The molecule has 0 radical (unpaired) electrons. The number of para-hydroxylation sites is 2. The standard InChI is InChI=1S/C14H15N3O3S2/c1-2-7-21-14-17-16-13(22-14)15-12(18)11-8-19-9-5-3-4-6-10(9)20-11/h3-6,11H,2,7-8H2,1H3,(H,15,16,18). The van der Waals surface area contributed by atoms with E-state index >= 15 is 0 Å². The number of nitrogens with one attached hydrogen (secondary N) is 1. The Bertz CT molecular complexity index is 662. The summed E-state index contributed by atoms with van der Waals surface area (Å²) in [4.78, 5) is 12.2. The minimum absolute atomic E-state index is 0.180. The Balaban J connectivity index is 1.60. The van der Waals surface area contributed by atoms with Crippen LogP contribution in [-0.4, -0.2) is 34.6 Å². The summed E-state index contributed by atoms with van der Waals surface area (Å²) < 4.78 is 12.0. The summed E-state index contributed by atoms with van der Waals surface area (Å²) in [7, 11) is 0. The molecule has 1 atom stereocenters. The Morgan fingerprint density at radius 3 is 3.05 bits per heavy atom. The lowest BCUT2D eigenvalue weighted by Gasteiger charge is -2.25. The molecule has 1 unspecified atom stereocenters. The van der Waals surface area contributed by atoms with E-state index in [1.165, 1.54) is 11.3 Å². The lowest BCUT2D eigenvalue weighted by atomic mass is 10.2. The van der Waals surface area contributed by atoms with Gasteiger partial charge in [-0.1, -0.05) is 42.2 Å². The molecule has 8 heteroatoms. The molecule has 1 aromatic carbocycles. The van der Waals surface area contributed by atoms with Crippen molar-refractivity contribution in [2.45, 2.75) is 23.8 Å². The number of hydrogen-bond donors (Lipinski definition) is 1. The highest BCUT2D eigenvalue weighted by atomic mass is 32.2. The highest BCUT2D eigenvalue weighted by molar-refractivity contribution is 8.01. The number of fused-ring (bicyclic) bond motifs is 1. The first kappa shape index (κ1) is 15.1. The maximum atomic E-state index is 12.2. The van der Waals surface area contributed by atoms with E-state index < -0.39 is 6.10 Å². The van der Waals surface area contributed by atoms with Crippen LogP contribution in [0.1, 0.15) is 13.3 Å². The van der Waals surface area contributed by atoms with Crippen LogP contribution in [0.4, 0.5) is 5.13 Å². The van der Waals surface area contributed by atoms with Crippen LogP contribution in [-0.2, 0) is 4.79 Å². The molecular weight excluding hydrogens is 322 g/mol. The molecule has 1 N–H and O–H groups in total. The van der Waals surface area contributed by atoms with Crippen LogP contribution in [0, 0.1) is 0 Å². The molecule has 2 heterocycles. The molecule has 2 aromatic rings. The second-order valence-electron chi connectivity index (χ2n) is 4.58. The maximum absolute atomic E-state index is 12.2. The van der Waals surface area contributed by atoms with Crippen molar-refractivity contribution in [3.8, 4) is 11.5 Å². The van der Waals surface area contributed by atoms with Gasteiger partial charge in [-0.05, 0) is 18.6 Å². The minimum atomic E-state index is -0.689. The SMILES string of the molecule is CCCSc1nnc(NC(=O)C2COc3ccccc3O2)s1. The Morgan fingerprint density at radius 1 is 1.41 bits per heavy atom. The summed E-state index contributed by atoms with van der Waals surface area (Å²) >= 11 is 3.00. The summed E-state index contributed by atoms with van der Waals surface area (Å²) in [5.41, 5.74) is 0. The Hall–Kier alpha value is -1.80. The fraction of sp³-hybridized carbons (Fsp3) is 0.357. The fourth-order valence-electron chi connectivity index (χ4n) is 1.84. The molecule has 1 aromatic heterocycles. The Kier molecular flexibility index (Phi) is 4.79. The van der Waals surface area contributed by atoms with Crippen LogP contribution in [0.5, 0.6) is 11.5 Å². The second kappa shape index (κ2) is 6.97. The van der Waals surface area contributed by atoms with Crippen molar-refractivity contribution >= 4 is 34.1 Å². The van der Waals surface area contributed by atoms with Crippen LogP contribution in [0.25, 0.3) is 0 Å². The lowest BCUT2D eigenvalue weighted by Crippen LogP contribution is -2.40. The molecule has 0 fully saturated rings. The minimum Gasteiger partial charge on any atom is -0.485 e. The Labute approximate surface area is 136 Å². The van der Waals surface area contributed by atoms with E-state index in [0.717, 1.165) is 16.5 Å². The molecule has 1 amide bonds. The molecule has 116 valence electrons. The summed E-state index contributed by atoms with van der Waals surface area (Å²) in [5.74, 6) is 1.93. The van der Waals surface area contributed by atoms with Crippen LogP contribution in [0.3, 0.4) is 0 Å². The third kappa shape index (κ3) is 3.50. The second-order valence-corrected chi connectivity index (χ2v) is 6.89. The topological polar surface area (TPSA) is 73.3 Å². The van der Waals surface area contributed by atoms with Gasteiger partial charge in [0.25, 0.3) is 5.91 Å². The average molecular weight is 337 g/mol. The number of hydrogen-bond acceptors (Lipinski definition) is 7. The van der Waals surface area contributed by atoms with Gasteiger partial charge in [-0.3, -0.25) is 10.1 Å². The molecule has 0 spiro atoms. The van der Waals surface area contributed by atoms with E-state index in [2.05, 4.69) is 22.4 Å². The number of carbonyl (C=O) groups is 1. The molecule has 0 aliphatic carbocycles. The lowest BCUT2D eigenvalue weighted by molar-refractivity contribution is -0.125. The maximum Gasteiger partial charge on any atom is 0.270 e. The zero-order valence-corrected chi connectivity index (χ0v) is 13.6. The number of aromatic nitrogens is 2. The first-order chi connectivity index (χ1) is 10.8. The van der Waals surface area contributed by atoms with Crippen molar-refractivity contribution < 1.29 is 14.3 Å². The number of rotatable bonds is 5. The molecule has 3 rings (SSSR count). The van der Waals surface area contributed by atoms with Gasteiger partial charge in [0.15, 0.2) is 15.8 Å². The van der Waals surface area contributed by atoms with Crippen molar-refractivity contribution in [3.63, 3.8) is 0 Å². The first-order valence-corrected chi connectivity index (χ1v) is 8.72. The average Bonchev–Trinajstić information content (AvgIpc) is 2.99. The third-order valence-corrected chi connectivity index (χ3v) is 5.05. The van der Waals surface area contributed by atoms with E-state index in [9.17, 15) is 4.79 Å².